The zero-order valence-corrected chi connectivity index (χ0v) is 14.5. The summed E-state index contributed by atoms with van der Waals surface area (Å²) in [5.41, 5.74) is 1.68. The molecule has 0 saturated carbocycles. The minimum atomic E-state index is -0.264. The number of hydrogen-bond donors (Lipinski definition) is 1. The molecule has 1 aliphatic heterocycles. The molecule has 1 aromatic carbocycles. The Morgan fingerprint density at radius 3 is 2.90 bits per heavy atom. The normalized spacial score (nSPS) is 21.2. The van der Waals surface area contributed by atoms with E-state index in [2.05, 4.69) is 44.8 Å². The molecule has 0 radical (unpaired) electrons. The first-order valence-electron chi connectivity index (χ1n) is 6.92. The zero-order valence-electron chi connectivity index (χ0n) is 12.1. The summed E-state index contributed by atoms with van der Waals surface area (Å²) in [7, 11) is 4.26. The fraction of sp³-hybridized carbons (Fsp3) is 0.500. The molecular formula is C14H18BrFN4S. The molecule has 1 atom stereocenters. The minimum absolute atomic E-state index is 0.264. The highest BCUT2D eigenvalue weighted by molar-refractivity contribution is 9.10. The van der Waals surface area contributed by atoms with Crippen LogP contribution < -0.4 is 0 Å². The number of nitrogens with zero attached hydrogens (tertiary/aromatic N) is 3. The lowest BCUT2D eigenvalue weighted by Crippen LogP contribution is -2.51. The Balaban J connectivity index is 1.98. The van der Waals surface area contributed by atoms with Crippen molar-refractivity contribution in [1.82, 2.24) is 19.4 Å². The topological polar surface area (TPSA) is 27.2 Å². The zero-order chi connectivity index (χ0) is 15.1. The van der Waals surface area contributed by atoms with E-state index in [9.17, 15) is 4.39 Å². The van der Waals surface area contributed by atoms with E-state index in [0.717, 1.165) is 37.2 Å². The number of piperazine rings is 1. The van der Waals surface area contributed by atoms with Crippen LogP contribution in [0.1, 0.15) is 0 Å². The van der Waals surface area contributed by atoms with Crippen molar-refractivity contribution >= 4 is 39.2 Å². The number of hydrogen-bond acceptors (Lipinski definition) is 3. The molecule has 1 aliphatic rings. The largest absolute Gasteiger partial charge is 0.331 e. The second-order valence-corrected chi connectivity index (χ2v) is 6.96. The monoisotopic (exact) mass is 372 g/mol. The van der Waals surface area contributed by atoms with Crippen LogP contribution in [0.15, 0.2) is 16.6 Å². The lowest BCUT2D eigenvalue weighted by Gasteiger charge is -2.37. The summed E-state index contributed by atoms with van der Waals surface area (Å²) in [6.07, 6.45) is 0. The van der Waals surface area contributed by atoms with Crippen molar-refractivity contribution in [2.75, 3.05) is 33.7 Å². The summed E-state index contributed by atoms with van der Waals surface area (Å²) < 4.78 is 16.9. The first kappa shape index (κ1) is 15.1. The first-order chi connectivity index (χ1) is 9.95. The number of benzene rings is 1. The van der Waals surface area contributed by atoms with Crippen molar-refractivity contribution in [3.05, 3.63) is 27.2 Å². The van der Waals surface area contributed by atoms with Crippen molar-refractivity contribution in [1.29, 1.82) is 0 Å². The highest BCUT2D eigenvalue weighted by atomic mass is 79.9. The van der Waals surface area contributed by atoms with E-state index in [1.165, 1.54) is 6.07 Å². The molecule has 0 amide bonds. The van der Waals surface area contributed by atoms with Crippen molar-refractivity contribution < 1.29 is 4.39 Å². The van der Waals surface area contributed by atoms with E-state index < -0.39 is 0 Å². The molecule has 2 aromatic rings. The molecule has 2 heterocycles. The maximum absolute atomic E-state index is 13.8. The van der Waals surface area contributed by atoms with E-state index in [0.29, 0.717) is 15.3 Å². The second kappa shape index (κ2) is 5.79. The molecule has 1 N–H and O–H groups in total. The highest BCUT2D eigenvalue weighted by Crippen LogP contribution is 2.24. The third-order valence-corrected chi connectivity index (χ3v) is 5.12. The fourth-order valence-corrected chi connectivity index (χ4v) is 3.47. The van der Waals surface area contributed by atoms with Gasteiger partial charge in [-0.25, -0.2) is 4.39 Å². The number of rotatable bonds is 2. The molecule has 0 spiro atoms. The highest BCUT2D eigenvalue weighted by Gasteiger charge is 2.23. The number of likely N-dealkylation sites (N-methyl/N-ethyl adjacent to an activating group) is 2. The van der Waals surface area contributed by atoms with Crippen molar-refractivity contribution in [3.63, 3.8) is 0 Å². The molecule has 4 nitrogen and oxygen atoms in total. The summed E-state index contributed by atoms with van der Waals surface area (Å²) in [5.74, 6) is -0.264. The third-order valence-electron chi connectivity index (χ3n) is 4.19. The molecule has 1 saturated heterocycles. The number of halogens is 2. The van der Waals surface area contributed by atoms with E-state index in [1.54, 1.807) is 6.07 Å². The van der Waals surface area contributed by atoms with Gasteiger partial charge in [0.05, 0.1) is 15.5 Å². The van der Waals surface area contributed by atoms with Gasteiger partial charge in [-0.15, -0.1) is 0 Å². The Morgan fingerprint density at radius 2 is 2.14 bits per heavy atom. The van der Waals surface area contributed by atoms with Crippen molar-refractivity contribution in [2.45, 2.75) is 12.6 Å². The molecule has 7 heteroatoms. The van der Waals surface area contributed by atoms with Crippen LogP contribution in [0.5, 0.6) is 0 Å². The van der Waals surface area contributed by atoms with Crippen molar-refractivity contribution in [3.8, 4) is 0 Å². The summed E-state index contributed by atoms with van der Waals surface area (Å²) in [6.45, 7) is 3.87. The van der Waals surface area contributed by atoms with Gasteiger partial charge >= 0.3 is 0 Å². The van der Waals surface area contributed by atoms with Crippen LogP contribution in [0.4, 0.5) is 4.39 Å². The maximum Gasteiger partial charge on any atom is 0.178 e. The van der Waals surface area contributed by atoms with Gasteiger partial charge in [-0.1, -0.05) is 0 Å². The van der Waals surface area contributed by atoms with Gasteiger partial charge in [0.15, 0.2) is 4.77 Å². The summed E-state index contributed by atoms with van der Waals surface area (Å²) >= 11 is 8.63. The van der Waals surface area contributed by atoms with Gasteiger partial charge in [-0.05, 0) is 48.3 Å². The lowest BCUT2D eigenvalue weighted by molar-refractivity contribution is 0.103. The predicted molar refractivity (Wildman–Crippen MR) is 88.7 cm³/mol. The Hall–Kier alpha value is -0.760. The molecule has 114 valence electrons. The number of nitrogens with one attached hydrogen (secondary N) is 1. The SMILES string of the molecule is CN1CCN(C)C(Cn2c(=S)[nH]c3cc(Br)c(F)cc32)C1. The first-order valence-corrected chi connectivity index (χ1v) is 8.12. The third kappa shape index (κ3) is 2.92. The van der Waals surface area contributed by atoms with Crippen LogP contribution in [0, 0.1) is 10.6 Å². The number of imidazole rings is 1. The number of H-pyrrole nitrogens is 1. The molecule has 21 heavy (non-hydrogen) atoms. The Morgan fingerprint density at radius 1 is 1.38 bits per heavy atom. The van der Waals surface area contributed by atoms with E-state index in [-0.39, 0.29) is 5.82 Å². The number of aromatic amines is 1. The quantitative estimate of drug-likeness (QED) is 0.821. The van der Waals surface area contributed by atoms with Gasteiger partial charge in [0.2, 0.25) is 0 Å². The minimum Gasteiger partial charge on any atom is -0.331 e. The maximum atomic E-state index is 13.8. The van der Waals surface area contributed by atoms with Crippen LogP contribution in [-0.4, -0.2) is 59.1 Å². The van der Waals surface area contributed by atoms with Gasteiger partial charge in [0, 0.05) is 38.3 Å². The van der Waals surface area contributed by atoms with Crippen LogP contribution >= 0.6 is 28.1 Å². The average molecular weight is 373 g/mol. The van der Waals surface area contributed by atoms with Crippen LogP contribution in [-0.2, 0) is 6.54 Å². The molecule has 0 bridgehead atoms. The molecule has 3 rings (SSSR count). The van der Waals surface area contributed by atoms with Gasteiger partial charge in [-0.2, -0.15) is 0 Å². The molecule has 1 fully saturated rings. The van der Waals surface area contributed by atoms with Crippen molar-refractivity contribution in [2.24, 2.45) is 0 Å². The molecule has 0 aliphatic carbocycles. The molecule has 1 aromatic heterocycles. The number of fused-ring (bicyclic) bond motifs is 1. The summed E-state index contributed by atoms with van der Waals surface area (Å²) in [5, 5.41) is 0. The fourth-order valence-electron chi connectivity index (χ4n) is 2.84. The van der Waals surface area contributed by atoms with Crippen LogP contribution in [0.25, 0.3) is 11.0 Å². The smallest absolute Gasteiger partial charge is 0.178 e. The summed E-state index contributed by atoms with van der Waals surface area (Å²) in [6, 6.07) is 3.66. The summed E-state index contributed by atoms with van der Waals surface area (Å²) in [4.78, 5) is 7.82. The van der Waals surface area contributed by atoms with Gasteiger partial charge in [0.1, 0.15) is 5.82 Å². The Bertz CT molecular complexity index is 726. The standard InChI is InChI=1S/C14H18BrFN4S/c1-18-3-4-19(2)9(7-18)8-20-13-6-11(16)10(15)5-12(13)17-14(20)21/h5-6,9H,3-4,7-8H2,1-2H3,(H,17,21). The molecular weight excluding hydrogens is 355 g/mol. The van der Waals surface area contributed by atoms with E-state index in [1.807, 2.05) is 4.57 Å². The van der Waals surface area contributed by atoms with Crippen LogP contribution in [0.2, 0.25) is 0 Å². The Kier molecular flexibility index (Phi) is 4.18. The van der Waals surface area contributed by atoms with Gasteiger partial charge < -0.3 is 14.5 Å². The van der Waals surface area contributed by atoms with Gasteiger partial charge in [0.25, 0.3) is 0 Å². The second-order valence-electron chi connectivity index (χ2n) is 5.72. The van der Waals surface area contributed by atoms with Crippen LogP contribution in [0.3, 0.4) is 0 Å². The predicted octanol–water partition coefficient (Wildman–Crippen LogP) is 2.85. The lowest BCUT2D eigenvalue weighted by atomic mass is 10.2. The molecule has 1 unspecified atom stereocenters. The van der Waals surface area contributed by atoms with Gasteiger partial charge in [-0.3, -0.25) is 4.90 Å². The van der Waals surface area contributed by atoms with E-state index in [4.69, 9.17) is 12.2 Å². The van der Waals surface area contributed by atoms with E-state index >= 15 is 0 Å². The Labute approximate surface area is 136 Å². The average Bonchev–Trinajstić information content (AvgIpc) is 2.71. The number of aromatic nitrogens is 2.